The first-order valence-electron chi connectivity index (χ1n) is 16.9. The second-order valence-corrected chi connectivity index (χ2v) is 21.1. The Morgan fingerprint density at radius 1 is 0.974 bits per heavy atom. The fourth-order valence-corrected chi connectivity index (χ4v) is 12.3. The molecule has 5 saturated carbocycles. The molecule has 39 heavy (non-hydrogen) atoms. The van der Waals surface area contributed by atoms with Gasteiger partial charge in [-0.15, -0.1) is 0 Å². The van der Waals surface area contributed by atoms with Crippen LogP contribution < -0.4 is 0 Å². The van der Waals surface area contributed by atoms with Crippen LogP contribution in [0, 0.1) is 58.2 Å². The van der Waals surface area contributed by atoms with Crippen molar-refractivity contribution in [3.8, 4) is 0 Å². The number of nitrogens with zero attached hydrogens (tertiary/aromatic N) is 2. The molecule has 0 unspecified atom stereocenters. The summed E-state index contributed by atoms with van der Waals surface area (Å²) in [5, 5.41) is 4.28. The van der Waals surface area contributed by atoms with Gasteiger partial charge in [0, 0.05) is 12.3 Å². The molecule has 220 valence electrons. The summed E-state index contributed by atoms with van der Waals surface area (Å²) >= 11 is 0. The Balaban J connectivity index is 1.25. The van der Waals surface area contributed by atoms with Gasteiger partial charge in [-0.3, -0.25) is 0 Å². The summed E-state index contributed by atoms with van der Waals surface area (Å²) in [4.78, 5) is 4.75. The quantitative estimate of drug-likeness (QED) is 0.300. The first-order valence-corrected chi connectivity index (χ1v) is 20.4. The largest absolute Gasteiger partial charge is 0.414 e. The van der Waals surface area contributed by atoms with E-state index in [1.54, 1.807) is 0 Å². The average Bonchev–Trinajstić information content (AvgIpc) is 3.50. The van der Waals surface area contributed by atoms with E-state index in [1.807, 2.05) is 0 Å². The Morgan fingerprint density at radius 2 is 1.69 bits per heavy atom. The molecule has 5 fully saturated rings. The van der Waals surface area contributed by atoms with Crippen LogP contribution in [0.25, 0.3) is 0 Å². The van der Waals surface area contributed by atoms with E-state index in [-0.39, 0.29) is 0 Å². The molecular weight excluding hydrogens is 496 g/mol. The topological polar surface area (TPSA) is 48.2 Å². The predicted molar refractivity (Wildman–Crippen MR) is 161 cm³/mol. The minimum atomic E-state index is -1.66. The lowest BCUT2D eigenvalue weighted by molar-refractivity contribution is -0.193. The average molecular weight is 555 g/mol. The van der Waals surface area contributed by atoms with Gasteiger partial charge in [0.1, 0.15) is 0 Å². The fourth-order valence-electron chi connectivity index (χ4n) is 11.1. The Kier molecular flexibility index (Phi) is 7.47. The van der Waals surface area contributed by atoms with Gasteiger partial charge in [-0.2, -0.15) is 4.98 Å². The monoisotopic (exact) mass is 554 g/mol. The molecule has 0 spiro atoms. The van der Waals surface area contributed by atoms with Gasteiger partial charge in [-0.05, 0) is 136 Å². The minimum absolute atomic E-state index is 0.444. The van der Waals surface area contributed by atoms with Gasteiger partial charge in [0.2, 0.25) is 5.89 Å². The molecule has 4 nitrogen and oxygen atoms in total. The molecule has 0 N–H and O–H groups in total. The molecule has 5 heteroatoms. The van der Waals surface area contributed by atoms with Crippen LogP contribution in [0.4, 0.5) is 0 Å². The van der Waals surface area contributed by atoms with E-state index in [4.69, 9.17) is 13.9 Å². The highest BCUT2D eigenvalue weighted by Gasteiger charge is 2.65. The second-order valence-electron chi connectivity index (χ2n) is 16.6. The third-order valence-electron chi connectivity index (χ3n) is 13.1. The number of rotatable bonds is 8. The van der Waals surface area contributed by atoms with Gasteiger partial charge < -0.3 is 8.95 Å². The Bertz CT molecular complexity index is 1020. The predicted octanol–water partition coefficient (Wildman–Crippen LogP) is 9.28. The SMILES string of the molecule is CC[C@H]1[C@@H](O[Si](C)(C)C)[C@@H]2[C@H](CC[C@]3(C)[C@@H]([C@H](C)CCc4nc(C5CC5)no4)CC[C@@H]23)[C@@]2(C)CC[C@@H](C)C[C@@H]12. The maximum absolute atomic E-state index is 7.37. The van der Waals surface area contributed by atoms with Crippen molar-refractivity contribution in [2.75, 3.05) is 0 Å². The summed E-state index contributed by atoms with van der Waals surface area (Å²) in [6, 6.07) is 0. The zero-order chi connectivity index (χ0) is 27.7. The van der Waals surface area contributed by atoms with Crippen LogP contribution in [-0.4, -0.2) is 24.6 Å². The summed E-state index contributed by atoms with van der Waals surface area (Å²) in [6.45, 7) is 20.3. The lowest BCUT2D eigenvalue weighted by Crippen LogP contribution is -2.63. The number of hydrogen-bond acceptors (Lipinski definition) is 4. The molecule has 1 heterocycles. The first-order chi connectivity index (χ1) is 18.4. The van der Waals surface area contributed by atoms with E-state index in [9.17, 15) is 0 Å². The van der Waals surface area contributed by atoms with Gasteiger partial charge in [-0.1, -0.05) is 52.6 Å². The van der Waals surface area contributed by atoms with Gasteiger partial charge in [0.15, 0.2) is 14.1 Å². The number of aryl methyl sites for hydroxylation is 1. The smallest absolute Gasteiger partial charge is 0.226 e. The van der Waals surface area contributed by atoms with Crippen molar-refractivity contribution >= 4 is 8.32 Å². The molecule has 0 radical (unpaired) electrons. The van der Waals surface area contributed by atoms with Crippen LogP contribution in [-0.2, 0) is 10.8 Å². The fraction of sp³-hybridized carbons (Fsp3) is 0.941. The molecule has 1 aromatic heterocycles. The summed E-state index contributed by atoms with van der Waals surface area (Å²) in [5.41, 5.74) is 0.957. The van der Waals surface area contributed by atoms with Crippen LogP contribution in [0.15, 0.2) is 4.52 Å². The molecule has 0 amide bonds. The van der Waals surface area contributed by atoms with Crippen LogP contribution in [0.5, 0.6) is 0 Å². The molecule has 1 aromatic rings. The number of hydrogen-bond donors (Lipinski definition) is 0. The summed E-state index contributed by atoms with van der Waals surface area (Å²) in [5.74, 6) is 8.82. The van der Waals surface area contributed by atoms with Crippen molar-refractivity contribution < 1.29 is 8.95 Å². The van der Waals surface area contributed by atoms with Crippen LogP contribution in [0.2, 0.25) is 19.6 Å². The maximum atomic E-state index is 7.37. The number of fused-ring (bicyclic) bond motifs is 5. The van der Waals surface area contributed by atoms with E-state index in [1.165, 1.54) is 70.6 Å². The summed E-state index contributed by atoms with van der Waals surface area (Å²) in [7, 11) is -1.66. The van der Waals surface area contributed by atoms with Crippen LogP contribution in [0.3, 0.4) is 0 Å². The van der Waals surface area contributed by atoms with Gasteiger partial charge >= 0.3 is 0 Å². The second kappa shape index (κ2) is 10.2. The van der Waals surface area contributed by atoms with Crippen LogP contribution in [0.1, 0.15) is 123 Å². The van der Waals surface area contributed by atoms with Crippen molar-refractivity contribution in [2.24, 2.45) is 58.2 Å². The lowest BCUT2D eigenvalue weighted by atomic mass is 9.41. The molecule has 6 rings (SSSR count). The third kappa shape index (κ3) is 5.02. The summed E-state index contributed by atoms with van der Waals surface area (Å²) in [6.07, 6.45) is 16.4. The third-order valence-corrected chi connectivity index (χ3v) is 14.1. The number of aromatic nitrogens is 2. The van der Waals surface area contributed by atoms with Crippen molar-refractivity contribution in [1.29, 1.82) is 0 Å². The standard InChI is InChI=1S/C34H58N2O2Si/c1-9-24-28-20-21(2)16-18-34(28,5)27-17-19-33(4)25(13-14-26(33)30(27)31(24)38-39(6,7)8)22(3)10-15-29-35-32(36-37-29)23-11-12-23/h21-28,30-31H,9-20H2,1-8H3/t21-,22-,24-,25-,26+,27+,28+,30+,31-,33-,34-/m1/s1. The van der Waals surface area contributed by atoms with Crippen molar-refractivity contribution in [2.45, 2.75) is 143 Å². The zero-order valence-electron chi connectivity index (χ0n) is 26.5. The highest BCUT2D eigenvalue weighted by atomic mass is 28.4. The Morgan fingerprint density at radius 3 is 2.38 bits per heavy atom. The Hall–Kier alpha value is -0.683. The normalized spacial score (nSPS) is 44.9. The lowest BCUT2D eigenvalue weighted by Gasteiger charge is -2.66. The molecule has 11 atom stereocenters. The molecule has 0 aromatic carbocycles. The molecule has 0 saturated heterocycles. The zero-order valence-corrected chi connectivity index (χ0v) is 27.5. The molecule has 5 aliphatic carbocycles. The first kappa shape index (κ1) is 28.4. The van der Waals surface area contributed by atoms with E-state index < -0.39 is 8.32 Å². The van der Waals surface area contributed by atoms with Gasteiger partial charge in [0.05, 0.1) is 6.10 Å². The van der Waals surface area contributed by atoms with Crippen molar-refractivity contribution in [3.63, 3.8) is 0 Å². The molecule has 0 bridgehead atoms. The van der Waals surface area contributed by atoms with Crippen LogP contribution >= 0.6 is 0 Å². The minimum Gasteiger partial charge on any atom is -0.414 e. The maximum Gasteiger partial charge on any atom is 0.226 e. The summed E-state index contributed by atoms with van der Waals surface area (Å²) < 4.78 is 13.0. The van der Waals surface area contributed by atoms with Gasteiger partial charge in [0.25, 0.3) is 0 Å². The van der Waals surface area contributed by atoms with Gasteiger partial charge in [-0.25, -0.2) is 0 Å². The van der Waals surface area contributed by atoms with E-state index >= 15 is 0 Å². The van der Waals surface area contributed by atoms with Crippen molar-refractivity contribution in [3.05, 3.63) is 11.7 Å². The molecule has 5 aliphatic rings. The molecular formula is C34H58N2O2Si. The highest BCUT2D eigenvalue weighted by molar-refractivity contribution is 6.69. The molecule has 0 aliphatic heterocycles. The van der Waals surface area contributed by atoms with E-state index in [0.717, 1.165) is 59.6 Å². The van der Waals surface area contributed by atoms with E-state index in [2.05, 4.69) is 59.4 Å². The van der Waals surface area contributed by atoms with E-state index in [0.29, 0.717) is 28.8 Å². The Labute approximate surface area is 240 Å². The highest BCUT2D eigenvalue weighted by Crippen LogP contribution is 2.70. The van der Waals surface area contributed by atoms with Crippen molar-refractivity contribution in [1.82, 2.24) is 10.1 Å².